The van der Waals surface area contributed by atoms with Crippen molar-refractivity contribution >= 4 is 5.91 Å². The summed E-state index contributed by atoms with van der Waals surface area (Å²) in [6, 6.07) is 9.66. The van der Waals surface area contributed by atoms with Crippen LogP contribution >= 0.6 is 0 Å². The van der Waals surface area contributed by atoms with E-state index in [-0.39, 0.29) is 5.91 Å². The van der Waals surface area contributed by atoms with Crippen LogP contribution in [0.15, 0.2) is 30.3 Å². The highest BCUT2D eigenvalue weighted by Crippen LogP contribution is 2.19. The summed E-state index contributed by atoms with van der Waals surface area (Å²) in [5.41, 5.74) is 0.920. The number of piperazine rings is 1. The van der Waals surface area contributed by atoms with E-state index in [1.165, 1.54) is 0 Å². The predicted molar refractivity (Wildman–Crippen MR) is 70.3 cm³/mol. The number of methoxy groups -OCH3 is 1. The Morgan fingerprint density at radius 2 is 1.78 bits per heavy atom. The highest BCUT2D eigenvalue weighted by molar-refractivity contribution is 5.82. The van der Waals surface area contributed by atoms with Gasteiger partial charge in [0.25, 0.3) is 5.91 Å². The first-order chi connectivity index (χ1) is 8.72. The first-order valence-corrected chi connectivity index (χ1v) is 6.27. The van der Waals surface area contributed by atoms with Gasteiger partial charge in [0, 0.05) is 33.3 Å². The van der Waals surface area contributed by atoms with Crippen LogP contribution in [0.1, 0.15) is 11.7 Å². The van der Waals surface area contributed by atoms with E-state index in [0.717, 1.165) is 31.7 Å². The number of carbonyl (C=O) groups is 1. The third-order valence-electron chi connectivity index (χ3n) is 3.38. The van der Waals surface area contributed by atoms with Gasteiger partial charge in [0.15, 0.2) is 6.10 Å². The maximum atomic E-state index is 12.4. The molecule has 1 unspecified atom stereocenters. The lowest BCUT2D eigenvalue weighted by Gasteiger charge is -2.34. The minimum Gasteiger partial charge on any atom is -0.367 e. The van der Waals surface area contributed by atoms with Crippen molar-refractivity contribution in [3.05, 3.63) is 35.9 Å². The number of likely N-dealkylation sites (N-methyl/N-ethyl adjacent to an activating group) is 1. The van der Waals surface area contributed by atoms with Crippen molar-refractivity contribution in [2.45, 2.75) is 6.10 Å². The molecule has 0 bridgehead atoms. The van der Waals surface area contributed by atoms with Crippen molar-refractivity contribution < 1.29 is 9.53 Å². The number of hydrogen-bond acceptors (Lipinski definition) is 3. The maximum Gasteiger partial charge on any atom is 0.256 e. The fourth-order valence-corrected chi connectivity index (χ4v) is 2.20. The Morgan fingerprint density at radius 3 is 2.33 bits per heavy atom. The molecule has 0 aliphatic carbocycles. The number of hydrogen-bond donors (Lipinski definition) is 0. The average molecular weight is 248 g/mol. The van der Waals surface area contributed by atoms with Gasteiger partial charge in [-0.1, -0.05) is 30.3 Å². The largest absolute Gasteiger partial charge is 0.367 e. The Labute approximate surface area is 108 Å². The maximum absolute atomic E-state index is 12.4. The second-order valence-electron chi connectivity index (χ2n) is 4.65. The van der Waals surface area contributed by atoms with Crippen LogP contribution in [-0.4, -0.2) is 56.0 Å². The molecule has 1 atom stereocenters. The monoisotopic (exact) mass is 248 g/mol. The summed E-state index contributed by atoms with van der Waals surface area (Å²) >= 11 is 0. The number of rotatable bonds is 3. The normalized spacial score (nSPS) is 18.7. The van der Waals surface area contributed by atoms with Crippen LogP contribution in [0.5, 0.6) is 0 Å². The predicted octanol–water partition coefficient (Wildman–Crippen LogP) is 1.15. The topological polar surface area (TPSA) is 32.8 Å². The summed E-state index contributed by atoms with van der Waals surface area (Å²) in [4.78, 5) is 16.5. The van der Waals surface area contributed by atoms with E-state index in [1.54, 1.807) is 7.11 Å². The molecule has 1 heterocycles. The Balaban J connectivity index is 2.06. The Hall–Kier alpha value is -1.39. The standard InChI is InChI=1S/C14H20N2O2/c1-15-8-10-16(11-9-15)14(17)13(18-2)12-6-4-3-5-7-12/h3-7,13H,8-11H2,1-2H3. The van der Waals surface area contributed by atoms with E-state index in [0.29, 0.717) is 0 Å². The van der Waals surface area contributed by atoms with Crippen LogP contribution in [0.2, 0.25) is 0 Å². The van der Waals surface area contributed by atoms with Gasteiger partial charge in [0.2, 0.25) is 0 Å². The molecule has 98 valence electrons. The third kappa shape index (κ3) is 2.89. The Bertz CT molecular complexity index is 386. The molecule has 0 N–H and O–H groups in total. The lowest BCUT2D eigenvalue weighted by atomic mass is 10.1. The number of amides is 1. The first kappa shape index (κ1) is 13.1. The molecule has 0 radical (unpaired) electrons. The summed E-state index contributed by atoms with van der Waals surface area (Å²) in [7, 11) is 3.67. The van der Waals surface area contributed by atoms with Gasteiger partial charge in [0.1, 0.15) is 0 Å². The molecule has 0 saturated carbocycles. The quantitative estimate of drug-likeness (QED) is 0.804. The highest BCUT2D eigenvalue weighted by atomic mass is 16.5. The molecular weight excluding hydrogens is 228 g/mol. The molecule has 1 aliphatic heterocycles. The van der Waals surface area contributed by atoms with Crippen molar-refractivity contribution in [1.29, 1.82) is 0 Å². The summed E-state index contributed by atoms with van der Waals surface area (Å²) in [6.07, 6.45) is -0.477. The molecule has 1 amide bonds. The molecule has 0 aromatic heterocycles. The van der Waals surface area contributed by atoms with E-state index in [1.807, 2.05) is 35.2 Å². The molecule has 1 fully saturated rings. The van der Waals surface area contributed by atoms with E-state index in [2.05, 4.69) is 11.9 Å². The van der Waals surface area contributed by atoms with Crippen LogP contribution in [0.4, 0.5) is 0 Å². The molecule has 1 aliphatic rings. The van der Waals surface area contributed by atoms with Crippen LogP contribution in [0.25, 0.3) is 0 Å². The highest BCUT2D eigenvalue weighted by Gasteiger charge is 2.27. The molecule has 1 saturated heterocycles. The zero-order valence-corrected chi connectivity index (χ0v) is 11.0. The number of carbonyl (C=O) groups excluding carboxylic acids is 1. The van der Waals surface area contributed by atoms with Gasteiger partial charge < -0.3 is 14.5 Å². The molecule has 18 heavy (non-hydrogen) atoms. The van der Waals surface area contributed by atoms with E-state index in [4.69, 9.17) is 4.74 Å². The average Bonchev–Trinajstić information content (AvgIpc) is 2.41. The van der Waals surface area contributed by atoms with Gasteiger partial charge in [-0.3, -0.25) is 4.79 Å². The van der Waals surface area contributed by atoms with Gasteiger partial charge in [-0.2, -0.15) is 0 Å². The SMILES string of the molecule is COC(C(=O)N1CCN(C)CC1)c1ccccc1. The summed E-state index contributed by atoms with van der Waals surface area (Å²) < 4.78 is 5.37. The van der Waals surface area contributed by atoms with E-state index in [9.17, 15) is 4.79 Å². The van der Waals surface area contributed by atoms with Gasteiger partial charge in [-0.05, 0) is 12.6 Å². The first-order valence-electron chi connectivity index (χ1n) is 6.27. The van der Waals surface area contributed by atoms with Gasteiger partial charge in [-0.15, -0.1) is 0 Å². The number of nitrogens with zero attached hydrogens (tertiary/aromatic N) is 2. The lowest BCUT2D eigenvalue weighted by Crippen LogP contribution is -2.48. The van der Waals surface area contributed by atoms with Gasteiger partial charge >= 0.3 is 0 Å². The smallest absolute Gasteiger partial charge is 0.256 e. The second kappa shape index (κ2) is 5.98. The van der Waals surface area contributed by atoms with Crippen LogP contribution in [0.3, 0.4) is 0 Å². The molecule has 1 aromatic carbocycles. The minimum absolute atomic E-state index is 0.0665. The van der Waals surface area contributed by atoms with Crippen LogP contribution in [0, 0.1) is 0 Å². The molecular formula is C14H20N2O2. The second-order valence-corrected chi connectivity index (χ2v) is 4.65. The summed E-state index contributed by atoms with van der Waals surface area (Å²) in [5.74, 6) is 0.0665. The summed E-state index contributed by atoms with van der Waals surface area (Å²) in [5, 5.41) is 0. The van der Waals surface area contributed by atoms with Crippen LogP contribution < -0.4 is 0 Å². The van der Waals surface area contributed by atoms with Gasteiger partial charge in [-0.25, -0.2) is 0 Å². The fraction of sp³-hybridized carbons (Fsp3) is 0.500. The number of benzene rings is 1. The molecule has 4 heteroatoms. The minimum atomic E-state index is -0.477. The Kier molecular flexibility index (Phi) is 4.33. The summed E-state index contributed by atoms with van der Waals surface area (Å²) in [6.45, 7) is 3.41. The van der Waals surface area contributed by atoms with Crippen molar-refractivity contribution in [3.8, 4) is 0 Å². The van der Waals surface area contributed by atoms with Crippen molar-refractivity contribution in [1.82, 2.24) is 9.80 Å². The van der Waals surface area contributed by atoms with Crippen molar-refractivity contribution in [3.63, 3.8) is 0 Å². The third-order valence-corrected chi connectivity index (χ3v) is 3.38. The Morgan fingerprint density at radius 1 is 1.17 bits per heavy atom. The van der Waals surface area contributed by atoms with Gasteiger partial charge in [0.05, 0.1) is 0 Å². The van der Waals surface area contributed by atoms with E-state index >= 15 is 0 Å². The molecule has 4 nitrogen and oxygen atoms in total. The fourth-order valence-electron chi connectivity index (χ4n) is 2.20. The van der Waals surface area contributed by atoms with E-state index < -0.39 is 6.10 Å². The van der Waals surface area contributed by atoms with Crippen LogP contribution in [-0.2, 0) is 9.53 Å². The molecule has 0 spiro atoms. The molecule has 1 aromatic rings. The van der Waals surface area contributed by atoms with Crippen molar-refractivity contribution in [2.75, 3.05) is 40.3 Å². The molecule has 2 rings (SSSR count). The zero-order valence-electron chi connectivity index (χ0n) is 11.0. The lowest BCUT2D eigenvalue weighted by molar-refractivity contribution is -0.144. The van der Waals surface area contributed by atoms with Crippen molar-refractivity contribution in [2.24, 2.45) is 0 Å². The number of ether oxygens (including phenoxy) is 1. The zero-order chi connectivity index (χ0) is 13.0.